The molecule has 22 heavy (non-hydrogen) atoms. The van der Waals surface area contributed by atoms with Gasteiger partial charge in [0.05, 0.1) is 19.8 Å². The van der Waals surface area contributed by atoms with Gasteiger partial charge in [0.25, 0.3) is 0 Å². The number of aliphatic hydroxyl groups excluding tert-OH is 2. The lowest BCUT2D eigenvalue weighted by Crippen LogP contribution is -2.37. The maximum atomic E-state index is 10.1. The number of methoxy groups -OCH3 is 1. The van der Waals surface area contributed by atoms with Gasteiger partial charge in [0, 0.05) is 13.0 Å². The first-order chi connectivity index (χ1) is 10.4. The molecule has 122 valence electrons. The molecule has 1 aliphatic heterocycles. The zero-order chi connectivity index (χ0) is 16.4. The molecule has 2 heterocycles. The highest BCUT2D eigenvalue weighted by molar-refractivity contribution is 5.71. The minimum absolute atomic E-state index is 0.0241. The predicted octanol–water partition coefficient (Wildman–Crippen LogP) is -0.450. The van der Waals surface area contributed by atoms with Crippen LogP contribution < -0.4 is 15.4 Å². The van der Waals surface area contributed by atoms with Gasteiger partial charge < -0.3 is 30.3 Å². The van der Waals surface area contributed by atoms with E-state index < -0.39 is 18.4 Å². The number of rotatable bonds is 5. The van der Waals surface area contributed by atoms with Gasteiger partial charge >= 0.3 is 0 Å². The zero-order valence-electron chi connectivity index (χ0n) is 12.8. The van der Waals surface area contributed by atoms with E-state index in [0.29, 0.717) is 11.5 Å². The lowest BCUT2D eigenvalue weighted by Gasteiger charge is -2.29. The van der Waals surface area contributed by atoms with Crippen molar-refractivity contribution >= 4 is 24.2 Å². The van der Waals surface area contributed by atoms with Crippen molar-refractivity contribution in [1.29, 1.82) is 0 Å². The number of nitrogen functional groups attached to an aromatic ring is 1. The summed E-state index contributed by atoms with van der Waals surface area (Å²) in [7, 11) is 3.17. The summed E-state index contributed by atoms with van der Waals surface area (Å²) < 4.78 is 10.8. The highest BCUT2D eigenvalue weighted by Crippen LogP contribution is 2.38. The molecule has 0 spiro atoms. The third-order valence-electron chi connectivity index (χ3n) is 3.78. The molecule has 0 amide bonds. The van der Waals surface area contributed by atoms with E-state index >= 15 is 0 Å². The molecule has 0 saturated carbocycles. The molecule has 0 aromatic carbocycles. The van der Waals surface area contributed by atoms with E-state index in [0.717, 1.165) is 0 Å². The minimum Gasteiger partial charge on any atom is -0.479 e. The number of hydrogen-bond donors (Lipinski definition) is 3. The van der Waals surface area contributed by atoms with Gasteiger partial charge in [-0.15, -0.1) is 0 Å². The van der Waals surface area contributed by atoms with Crippen molar-refractivity contribution in [2.45, 2.75) is 25.4 Å². The van der Waals surface area contributed by atoms with Crippen LogP contribution in [0.15, 0.2) is 4.99 Å². The summed E-state index contributed by atoms with van der Waals surface area (Å²) in [6.45, 7) is 5.05. The molecule has 1 saturated heterocycles. The lowest BCUT2D eigenvalue weighted by molar-refractivity contribution is -0.0213. The van der Waals surface area contributed by atoms with E-state index in [1.165, 1.54) is 7.11 Å². The molecule has 1 fully saturated rings. The summed E-state index contributed by atoms with van der Waals surface area (Å²) in [6, 6.07) is 0. The Morgan fingerprint density at radius 3 is 2.68 bits per heavy atom. The summed E-state index contributed by atoms with van der Waals surface area (Å²) in [5.41, 5.74) is 6.02. The fraction of sp³-hybridized carbons (Fsp3) is 0.615. The van der Waals surface area contributed by atoms with Crippen LogP contribution in [0.1, 0.15) is 6.92 Å². The molecule has 2 rings (SSSR count). The average molecular weight is 311 g/mol. The number of anilines is 2. The molecule has 0 radical (unpaired) electrons. The van der Waals surface area contributed by atoms with Gasteiger partial charge in [-0.25, -0.2) is 0 Å². The van der Waals surface area contributed by atoms with Crippen LogP contribution in [0, 0.1) is 5.92 Å². The van der Waals surface area contributed by atoms with E-state index in [1.54, 1.807) is 11.9 Å². The maximum Gasteiger partial charge on any atom is 0.246 e. The molecule has 4 N–H and O–H groups in total. The topological polar surface area (TPSA) is 126 Å². The van der Waals surface area contributed by atoms with Crippen molar-refractivity contribution in [2.24, 2.45) is 10.9 Å². The Hall–Kier alpha value is -1.97. The second-order valence-corrected chi connectivity index (χ2v) is 5.13. The van der Waals surface area contributed by atoms with Crippen molar-refractivity contribution in [1.82, 2.24) is 9.97 Å². The summed E-state index contributed by atoms with van der Waals surface area (Å²) >= 11 is 0. The number of aliphatic hydroxyl groups is 2. The van der Waals surface area contributed by atoms with E-state index in [9.17, 15) is 10.2 Å². The molecule has 9 heteroatoms. The summed E-state index contributed by atoms with van der Waals surface area (Å²) in [5.74, 6) is 0.356. The Labute approximate surface area is 128 Å². The third kappa shape index (κ3) is 2.70. The van der Waals surface area contributed by atoms with Crippen LogP contribution in [0.3, 0.4) is 0 Å². The van der Waals surface area contributed by atoms with Gasteiger partial charge in [-0.05, 0) is 6.72 Å². The van der Waals surface area contributed by atoms with Crippen LogP contribution in [0.25, 0.3) is 0 Å². The number of hydrogen-bond acceptors (Lipinski definition) is 9. The second-order valence-electron chi connectivity index (χ2n) is 5.13. The number of nitrogens with two attached hydrogens (primary N) is 1. The largest absolute Gasteiger partial charge is 0.479 e. The molecule has 0 bridgehead atoms. The molecule has 0 aliphatic carbocycles. The summed E-state index contributed by atoms with van der Waals surface area (Å²) in [4.78, 5) is 13.7. The Morgan fingerprint density at radius 1 is 1.50 bits per heavy atom. The Balaban J connectivity index is 2.39. The maximum absolute atomic E-state index is 10.1. The second kappa shape index (κ2) is 6.42. The van der Waals surface area contributed by atoms with Gasteiger partial charge in [0.2, 0.25) is 11.8 Å². The fourth-order valence-corrected chi connectivity index (χ4v) is 2.57. The highest BCUT2D eigenvalue weighted by Gasteiger charge is 2.43. The van der Waals surface area contributed by atoms with Crippen LogP contribution in [0.4, 0.5) is 17.5 Å². The van der Waals surface area contributed by atoms with Crippen molar-refractivity contribution in [3.8, 4) is 5.88 Å². The molecule has 9 nitrogen and oxygen atoms in total. The lowest BCUT2D eigenvalue weighted by atomic mass is 10.0. The van der Waals surface area contributed by atoms with Gasteiger partial charge in [0.1, 0.15) is 12.3 Å². The Morgan fingerprint density at radius 2 is 2.18 bits per heavy atom. The molecular formula is C13H21N5O4. The fourth-order valence-electron chi connectivity index (χ4n) is 2.57. The Bertz CT molecular complexity index is 555. The van der Waals surface area contributed by atoms with E-state index in [2.05, 4.69) is 21.7 Å². The van der Waals surface area contributed by atoms with Crippen LogP contribution in [-0.4, -0.2) is 66.1 Å². The van der Waals surface area contributed by atoms with Gasteiger partial charge in [-0.1, -0.05) is 6.92 Å². The average Bonchev–Trinajstić information content (AvgIpc) is 2.81. The first-order valence-electron chi connectivity index (χ1n) is 6.80. The molecule has 4 atom stereocenters. The van der Waals surface area contributed by atoms with Crippen molar-refractivity contribution in [3.63, 3.8) is 0 Å². The van der Waals surface area contributed by atoms with Gasteiger partial charge in [0.15, 0.2) is 11.5 Å². The van der Waals surface area contributed by atoms with Crippen LogP contribution in [0.5, 0.6) is 5.88 Å². The predicted molar refractivity (Wildman–Crippen MR) is 81.5 cm³/mol. The third-order valence-corrected chi connectivity index (χ3v) is 3.78. The van der Waals surface area contributed by atoms with Crippen molar-refractivity contribution in [2.75, 3.05) is 31.4 Å². The first kappa shape index (κ1) is 16.4. The summed E-state index contributed by atoms with van der Waals surface area (Å²) in [5, 5.41) is 19.3. The number of nitrogens with zero attached hydrogens (tertiary/aromatic N) is 4. The molecule has 0 unspecified atom stereocenters. The summed E-state index contributed by atoms with van der Waals surface area (Å²) in [6.07, 6.45) is -1.94. The zero-order valence-corrected chi connectivity index (χ0v) is 12.8. The van der Waals surface area contributed by atoms with Gasteiger partial charge in [-0.2, -0.15) is 9.97 Å². The normalized spacial score (nSPS) is 27.7. The minimum atomic E-state index is -0.779. The van der Waals surface area contributed by atoms with Crippen molar-refractivity contribution < 1.29 is 19.7 Å². The molecule has 1 aromatic rings. The van der Waals surface area contributed by atoms with E-state index in [4.69, 9.17) is 15.2 Å². The molecule has 1 aliphatic rings. The van der Waals surface area contributed by atoms with Crippen molar-refractivity contribution in [3.05, 3.63) is 0 Å². The SMILES string of the molecule is C=Nc1c(OC)nc(N)nc1N(C)[C@@H]1O[C@H](CO)[C@@H](O)[C@@H]1C. The number of aliphatic imine (C=N–C) groups is 1. The van der Waals surface area contributed by atoms with E-state index in [1.807, 2.05) is 6.92 Å². The van der Waals surface area contributed by atoms with E-state index in [-0.39, 0.29) is 24.4 Å². The molecule has 1 aromatic heterocycles. The quantitative estimate of drug-likeness (QED) is 0.624. The number of aromatic nitrogens is 2. The van der Waals surface area contributed by atoms with Gasteiger partial charge in [-0.3, -0.25) is 4.99 Å². The van der Waals surface area contributed by atoms with Crippen LogP contribution >= 0.6 is 0 Å². The molecular weight excluding hydrogens is 290 g/mol. The highest BCUT2D eigenvalue weighted by atomic mass is 16.5. The number of ether oxygens (including phenoxy) is 2. The van der Waals surface area contributed by atoms with Crippen LogP contribution in [-0.2, 0) is 4.74 Å². The van der Waals surface area contributed by atoms with Crippen LogP contribution in [0.2, 0.25) is 0 Å². The Kier molecular flexibility index (Phi) is 4.79. The standard InChI is InChI=1S/C13H21N5O4/c1-6-9(20)7(5-19)22-12(6)18(3)10-8(15-2)11(21-4)17-13(14)16-10/h6-7,9,12,19-20H,2,5H2,1,3-4H3,(H2,14,16,17)/t6-,7+,9-,12+/m0/s1. The monoisotopic (exact) mass is 311 g/mol. The first-order valence-corrected chi connectivity index (χ1v) is 6.80. The smallest absolute Gasteiger partial charge is 0.246 e.